The number of nitrogens with zero attached hydrogens (tertiary/aromatic N) is 5. The normalized spacial score (nSPS) is 17.1. The van der Waals surface area contributed by atoms with E-state index in [1.54, 1.807) is 6.07 Å². The van der Waals surface area contributed by atoms with Crippen molar-refractivity contribution in [3.63, 3.8) is 0 Å². The lowest BCUT2D eigenvalue weighted by Crippen LogP contribution is -2.34. The molecule has 3 heterocycles. The van der Waals surface area contributed by atoms with E-state index in [0.29, 0.717) is 5.82 Å². The zero-order chi connectivity index (χ0) is 21.4. The van der Waals surface area contributed by atoms with Crippen molar-refractivity contribution < 1.29 is 23.1 Å². The Morgan fingerprint density at radius 3 is 2.60 bits per heavy atom. The van der Waals surface area contributed by atoms with Gasteiger partial charge in [0, 0.05) is 11.8 Å². The average molecular weight is 414 g/mol. The number of aromatic nitrogens is 4. The van der Waals surface area contributed by atoms with Crippen LogP contribution in [-0.4, -0.2) is 44.4 Å². The van der Waals surface area contributed by atoms with E-state index in [1.807, 2.05) is 0 Å². The van der Waals surface area contributed by atoms with E-state index >= 15 is 0 Å². The van der Waals surface area contributed by atoms with E-state index in [4.69, 9.17) is 10.5 Å². The summed E-state index contributed by atoms with van der Waals surface area (Å²) in [5.41, 5.74) is 5.14. The van der Waals surface area contributed by atoms with Crippen LogP contribution >= 0.6 is 0 Å². The first-order chi connectivity index (χ1) is 14.3. The molecule has 2 atom stereocenters. The number of rotatable bonds is 5. The quantitative estimate of drug-likeness (QED) is 0.683. The van der Waals surface area contributed by atoms with Gasteiger partial charge in [-0.2, -0.15) is 5.10 Å². The molecule has 0 radical (unpaired) electrons. The highest BCUT2D eigenvalue weighted by Crippen LogP contribution is 2.32. The van der Waals surface area contributed by atoms with Gasteiger partial charge in [-0.3, -0.25) is 9.69 Å². The fourth-order valence-corrected chi connectivity index (χ4v) is 3.13. The van der Waals surface area contributed by atoms with Crippen LogP contribution in [0, 0.1) is 17.6 Å². The molecule has 2 amide bonds. The van der Waals surface area contributed by atoms with E-state index < -0.39 is 35.7 Å². The van der Waals surface area contributed by atoms with Gasteiger partial charge in [-0.05, 0) is 31.2 Å². The van der Waals surface area contributed by atoms with Gasteiger partial charge in [-0.15, -0.1) is 0 Å². The predicted octanol–water partition coefficient (Wildman–Crippen LogP) is 2.05. The standard InChI is InChI=1S/C19H16F2N6O3/c1-10(18(22)28)15-7-26(19(29)30-15)12-4-13(20)17(14(21)5-12)11-2-3-16(24-6-11)27-9-23-8-25-27/h2-6,8-10,15H,7H2,1H3,(H2,22,28). The Balaban J connectivity index is 1.61. The molecule has 1 aromatic carbocycles. The molecule has 9 nitrogen and oxygen atoms in total. The molecule has 2 aromatic heterocycles. The van der Waals surface area contributed by atoms with Crippen LogP contribution in [0.4, 0.5) is 19.3 Å². The molecule has 4 rings (SSSR count). The maximum atomic E-state index is 14.8. The number of benzene rings is 1. The molecule has 0 bridgehead atoms. The summed E-state index contributed by atoms with van der Waals surface area (Å²) in [6.45, 7) is 1.47. The summed E-state index contributed by atoms with van der Waals surface area (Å²) < 4.78 is 36.1. The van der Waals surface area contributed by atoms with Gasteiger partial charge in [-0.25, -0.2) is 28.2 Å². The number of primary amides is 1. The van der Waals surface area contributed by atoms with Crippen molar-refractivity contribution in [1.82, 2.24) is 19.7 Å². The topological polar surface area (TPSA) is 116 Å². The summed E-state index contributed by atoms with van der Waals surface area (Å²) in [7, 11) is 0. The molecule has 0 saturated carbocycles. The second-order valence-electron chi connectivity index (χ2n) is 6.75. The van der Waals surface area contributed by atoms with Gasteiger partial charge in [0.15, 0.2) is 5.82 Å². The highest BCUT2D eigenvalue weighted by molar-refractivity contribution is 5.91. The Morgan fingerprint density at radius 2 is 2.03 bits per heavy atom. The van der Waals surface area contributed by atoms with Crippen LogP contribution in [0.2, 0.25) is 0 Å². The lowest BCUT2D eigenvalue weighted by molar-refractivity contribution is -0.123. The van der Waals surface area contributed by atoms with Gasteiger partial charge in [-0.1, -0.05) is 0 Å². The van der Waals surface area contributed by atoms with Crippen LogP contribution in [0.3, 0.4) is 0 Å². The minimum atomic E-state index is -0.875. The van der Waals surface area contributed by atoms with Crippen molar-refractivity contribution in [3.8, 4) is 16.9 Å². The SMILES string of the molecule is CC(C(N)=O)C1CN(c2cc(F)c(-c3ccc(-n4cncn4)nc3)c(F)c2)C(=O)O1. The minimum Gasteiger partial charge on any atom is -0.443 e. The van der Waals surface area contributed by atoms with Crippen molar-refractivity contribution in [3.05, 3.63) is 54.8 Å². The first-order valence-corrected chi connectivity index (χ1v) is 8.93. The van der Waals surface area contributed by atoms with Crippen LogP contribution in [0.15, 0.2) is 43.1 Å². The monoisotopic (exact) mass is 414 g/mol. The maximum Gasteiger partial charge on any atom is 0.414 e. The molecule has 1 aliphatic heterocycles. The van der Waals surface area contributed by atoms with Gasteiger partial charge in [0.1, 0.15) is 30.4 Å². The van der Waals surface area contributed by atoms with E-state index in [1.165, 1.54) is 36.5 Å². The third kappa shape index (κ3) is 3.45. The highest BCUT2D eigenvalue weighted by Gasteiger charge is 2.38. The fraction of sp³-hybridized carbons (Fsp3) is 0.211. The lowest BCUT2D eigenvalue weighted by atomic mass is 10.0. The zero-order valence-corrected chi connectivity index (χ0v) is 15.7. The minimum absolute atomic E-state index is 0.0230. The summed E-state index contributed by atoms with van der Waals surface area (Å²) in [4.78, 5) is 32.5. The number of anilines is 1. The Kier molecular flexibility index (Phi) is 4.86. The molecule has 154 valence electrons. The van der Waals surface area contributed by atoms with E-state index in [9.17, 15) is 18.4 Å². The van der Waals surface area contributed by atoms with Crippen molar-refractivity contribution in [2.75, 3.05) is 11.4 Å². The van der Waals surface area contributed by atoms with Gasteiger partial charge < -0.3 is 10.5 Å². The summed E-state index contributed by atoms with van der Waals surface area (Å²) >= 11 is 0. The lowest BCUT2D eigenvalue weighted by Gasteiger charge is -2.16. The molecule has 0 spiro atoms. The number of amides is 2. The molecule has 0 aliphatic carbocycles. The molecule has 30 heavy (non-hydrogen) atoms. The highest BCUT2D eigenvalue weighted by atomic mass is 19.1. The number of pyridine rings is 1. The van der Waals surface area contributed by atoms with E-state index in [2.05, 4.69) is 15.1 Å². The van der Waals surface area contributed by atoms with Gasteiger partial charge >= 0.3 is 6.09 Å². The Hall–Kier alpha value is -3.89. The summed E-state index contributed by atoms with van der Waals surface area (Å²) in [5.74, 6) is -2.69. The number of ether oxygens (including phenoxy) is 1. The first-order valence-electron chi connectivity index (χ1n) is 8.93. The number of hydrogen-bond acceptors (Lipinski definition) is 6. The maximum absolute atomic E-state index is 14.8. The smallest absolute Gasteiger partial charge is 0.414 e. The van der Waals surface area contributed by atoms with Crippen LogP contribution in [0.5, 0.6) is 0 Å². The van der Waals surface area contributed by atoms with Crippen LogP contribution in [-0.2, 0) is 9.53 Å². The third-order valence-corrected chi connectivity index (χ3v) is 4.87. The van der Waals surface area contributed by atoms with Gasteiger partial charge in [0.05, 0.1) is 23.7 Å². The molecular weight excluding hydrogens is 398 g/mol. The second-order valence-corrected chi connectivity index (χ2v) is 6.75. The summed E-state index contributed by atoms with van der Waals surface area (Å²) in [6.07, 6.45) is 2.49. The first kappa shape index (κ1) is 19.4. The summed E-state index contributed by atoms with van der Waals surface area (Å²) in [5, 5.41) is 3.93. The predicted molar refractivity (Wildman–Crippen MR) is 100 cm³/mol. The summed E-state index contributed by atoms with van der Waals surface area (Å²) in [6, 6.07) is 5.11. The molecule has 1 saturated heterocycles. The molecule has 3 aromatic rings. The van der Waals surface area contributed by atoms with Crippen LogP contribution < -0.4 is 10.6 Å². The molecule has 1 fully saturated rings. The number of nitrogens with two attached hydrogens (primary N) is 1. The van der Waals surface area contributed by atoms with Crippen LogP contribution in [0.1, 0.15) is 6.92 Å². The molecular formula is C19H16F2N6O3. The number of carbonyl (C=O) groups is 2. The number of carbonyl (C=O) groups excluding carboxylic acids is 2. The van der Waals surface area contributed by atoms with Gasteiger partial charge in [0.25, 0.3) is 0 Å². The van der Waals surface area contributed by atoms with Crippen molar-refractivity contribution >= 4 is 17.7 Å². The van der Waals surface area contributed by atoms with Crippen LogP contribution in [0.25, 0.3) is 16.9 Å². The molecule has 1 aliphatic rings. The van der Waals surface area contributed by atoms with Crippen molar-refractivity contribution in [2.45, 2.75) is 13.0 Å². The van der Waals surface area contributed by atoms with E-state index in [-0.39, 0.29) is 23.4 Å². The Morgan fingerprint density at radius 1 is 1.30 bits per heavy atom. The van der Waals surface area contributed by atoms with Gasteiger partial charge in [0.2, 0.25) is 5.91 Å². The van der Waals surface area contributed by atoms with Crippen molar-refractivity contribution in [1.29, 1.82) is 0 Å². The Labute approximate surface area is 169 Å². The average Bonchev–Trinajstić information content (AvgIpc) is 3.37. The molecule has 2 unspecified atom stereocenters. The zero-order valence-electron chi connectivity index (χ0n) is 15.7. The number of cyclic esters (lactones) is 1. The second kappa shape index (κ2) is 7.50. The molecule has 2 N–H and O–H groups in total. The van der Waals surface area contributed by atoms with E-state index in [0.717, 1.165) is 17.0 Å². The molecule has 11 heteroatoms. The third-order valence-electron chi connectivity index (χ3n) is 4.87. The fourth-order valence-electron chi connectivity index (χ4n) is 3.13. The van der Waals surface area contributed by atoms with Crippen molar-refractivity contribution in [2.24, 2.45) is 11.7 Å². The number of halogens is 2. The number of hydrogen-bond donors (Lipinski definition) is 1. The largest absolute Gasteiger partial charge is 0.443 e. The Bertz CT molecular complexity index is 1080.